The number of hydrogen-bond acceptors (Lipinski definition) is 6. The van der Waals surface area contributed by atoms with Gasteiger partial charge in [0.05, 0.1) is 22.6 Å². The van der Waals surface area contributed by atoms with Gasteiger partial charge in [0.2, 0.25) is 0 Å². The van der Waals surface area contributed by atoms with Crippen LogP contribution >= 0.6 is 11.8 Å². The molecule has 0 atom stereocenters. The number of anilines is 1. The van der Waals surface area contributed by atoms with Crippen LogP contribution < -0.4 is 4.72 Å². The number of para-hydroxylation sites is 1. The topological polar surface area (TPSA) is 94.7 Å². The standard InChI is InChI=1S/C18H24N6O2S2/c1-12-16(13(2)24(21-12)18(3,4)5)28(25,26)22-14-9-7-8-10-15(14)27-17-20-19-11-23(17)6/h7-11,22H,1-6H3. The Labute approximate surface area is 169 Å². The predicted octanol–water partition coefficient (Wildman–Crippen LogP) is 3.34. The fourth-order valence-corrected chi connectivity index (χ4v) is 5.36. The van der Waals surface area contributed by atoms with E-state index in [-0.39, 0.29) is 10.4 Å². The van der Waals surface area contributed by atoms with E-state index in [9.17, 15) is 8.42 Å². The first-order chi connectivity index (χ1) is 13.0. The van der Waals surface area contributed by atoms with Crippen LogP contribution in [-0.2, 0) is 22.6 Å². The number of nitrogens with zero attached hydrogens (tertiary/aromatic N) is 5. The fourth-order valence-electron chi connectivity index (χ4n) is 2.97. The van der Waals surface area contributed by atoms with E-state index in [4.69, 9.17) is 0 Å². The Morgan fingerprint density at radius 2 is 1.82 bits per heavy atom. The Morgan fingerprint density at radius 3 is 2.39 bits per heavy atom. The van der Waals surface area contributed by atoms with E-state index in [1.54, 1.807) is 41.6 Å². The molecule has 0 aliphatic rings. The zero-order valence-corrected chi connectivity index (χ0v) is 18.4. The zero-order chi connectivity index (χ0) is 20.7. The van der Waals surface area contributed by atoms with Gasteiger partial charge in [0.25, 0.3) is 10.0 Å². The molecule has 1 aromatic carbocycles. The average Bonchev–Trinajstić information content (AvgIpc) is 3.12. The lowest BCUT2D eigenvalue weighted by Gasteiger charge is -2.21. The SMILES string of the molecule is Cc1nn(C(C)(C)C)c(C)c1S(=O)(=O)Nc1ccccc1Sc1nncn1C. The second kappa shape index (κ2) is 7.25. The Kier molecular flexibility index (Phi) is 5.28. The molecular formula is C18H24N6O2S2. The fraction of sp³-hybridized carbons (Fsp3) is 0.389. The Bertz CT molecular complexity index is 1110. The third-order valence-electron chi connectivity index (χ3n) is 4.13. The van der Waals surface area contributed by atoms with E-state index >= 15 is 0 Å². The van der Waals surface area contributed by atoms with E-state index in [2.05, 4.69) is 20.0 Å². The number of rotatable bonds is 5. The molecule has 10 heteroatoms. The molecule has 0 unspecified atom stereocenters. The van der Waals surface area contributed by atoms with Crippen LogP contribution in [0, 0.1) is 13.8 Å². The van der Waals surface area contributed by atoms with Gasteiger partial charge in [-0.2, -0.15) is 5.10 Å². The molecule has 0 saturated heterocycles. The molecule has 2 heterocycles. The second-order valence-corrected chi connectivity index (χ2v) is 10.1. The molecule has 28 heavy (non-hydrogen) atoms. The van der Waals surface area contributed by atoms with Crippen LogP contribution in [0.15, 0.2) is 45.5 Å². The maximum absolute atomic E-state index is 13.2. The minimum Gasteiger partial charge on any atom is -0.311 e. The van der Waals surface area contributed by atoms with Gasteiger partial charge in [-0.15, -0.1) is 10.2 Å². The highest BCUT2D eigenvalue weighted by atomic mass is 32.2. The summed E-state index contributed by atoms with van der Waals surface area (Å²) in [6, 6.07) is 7.21. The molecule has 3 aromatic rings. The van der Waals surface area contributed by atoms with Gasteiger partial charge in [-0.05, 0) is 58.5 Å². The lowest BCUT2D eigenvalue weighted by atomic mass is 10.1. The lowest BCUT2D eigenvalue weighted by molar-refractivity contribution is 0.345. The number of aryl methyl sites for hydroxylation is 2. The van der Waals surface area contributed by atoms with Crippen molar-refractivity contribution in [2.75, 3.05) is 4.72 Å². The van der Waals surface area contributed by atoms with Crippen molar-refractivity contribution in [1.82, 2.24) is 24.5 Å². The molecule has 150 valence electrons. The van der Waals surface area contributed by atoms with Crippen LogP contribution in [0.5, 0.6) is 0 Å². The second-order valence-electron chi connectivity index (χ2n) is 7.51. The maximum atomic E-state index is 13.2. The quantitative estimate of drug-likeness (QED) is 0.680. The summed E-state index contributed by atoms with van der Waals surface area (Å²) in [5.74, 6) is 0. The maximum Gasteiger partial charge on any atom is 0.265 e. The molecule has 0 aliphatic carbocycles. The van der Waals surface area contributed by atoms with E-state index in [0.717, 1.165) is 4.90 Å². The molecule has 0 amide bonds. The van der Waals surface area contributed by atoms with Crippen molar-refractivity contribution in [3.8, 4) is 0 Å². The molecule has 0 bridgehead atoms. The molecule has 2 aromatic heterocycles. The number of hydrogen-bond donors (Lipinski definition) is 1. The van der Waals surface area contributed by atoms with Gasteiger partial charge in [-0.25, -0.2) is 8.42 Å². The van der Waals surface area contributed by atoms with Crippen molar-refractivity contribution in [3.05, 3.63) is 42.0 Å². The zero-order valence-electron chi connectivity index (χ0n) is 16.8. The molecule has 0 radical (unpaired) electrons. The van der Waals surface area contributed by atoms with Gasteiger partial charge in [0.1, 0.15) is 11.2 Å². The van der Waals surface area contributed by atoms with E-state index in [0.29, 0.717) is 22.2 Å². The summed E-state index contributed by atoms with van der Waals surface area (Å²) in [6.07, 6.45) is 1.60. The molecule has 0 aliphatic heterocycles. The average molecular weight is 421 g/mol. The number of nitrogens with one attached hydrogen (secondary N) is 1. The van der Waals surface area contributed by atoms with Gasteiger partial charge in [-0.3, -0.25) is 9.40 Å². The summed E-state index contributed by atoms with van der Waals surface area (Å²) in [4.78, 5) is 0.946. The van der Waals surface area contributed by atoms with Crippen molar-refractivity contribution < 1.29 is 8.42 Å². The normalized spacial score (nSPS) is 12.4. The van der Waals surface area contributed by atoms with E-state index in [1.165, 1.54) is 11.8 Å². The largest absolute Gasteiger partial charge is 0.311 e. The molecule has 0 saturated carbocycles. The highest BCUT2D eigenvalue weighted by Crippen LogP contribution is 2.34. The highest BCUT2D eigenvalue weighted by molar-refractivity contribution is 7.99. The Morgan fingerprint density at radius 1 is 1.14 bits per heavy atom. The Balaban J connectivity index is 1.99. The molecule has 0 spiro atoms. The van der Waals surface area contributed by atoms with Crippen LogP contribution in [-0.4, -0.2) is 33.0 Å². The predicted molar refractivity (Wildman–Crippen MR) is 109 cm³/mol. The van der Waals surface area contributed by atoms with Gasteiger partial charge >= 0.3 is 0 Å². The molecular weight excluding hydrogens is 396 g/mol. The number of aromatic nitrogens is 5. The van der Waals surface area contributed by atoms with Crippen molar-refractivity contribution in [3.63, 3.8) is 0 Å². The number of benzene rings is 1. The van der Waals surface area contributed by atoms with Gasteiger partial charge in [-0.1, -0.05) is 12.1 Å². The smallest absolute Gasteiger partial charge is 0.265 e. The summed E-state index contributed by atoms with van der Waals surface area (Å²) >= 11 is 1.34. The minimum absolute atomic E-state index is 0.209. The first-order valence-electron chi connectivity index (χ1n) is 8.71. The summed E-state index contributed by atoms with van der Waals surface area (Å²) in [5.41, 5.74) is 1.24. The first kappa shape index (κ1) is 20.4. The van der Waals surface area contributed by atoms with E-state index < -0.39 is 10.0 Å². The number of sulfonamides is 1. The summed E-state index contributed by atoms with van der Waals surface area (Å²) in [7, 11) is -1.98. The first-order valence-corrected chi connectivity index (χ1v) is 11.0. The molecule has 0 fully saturated rings. The van der Waals surface area contributed by atoms with Crippen molar-refractivity contribution in [1.29, 1.82) is 0 Å². The van der Waals surface area contributed by atoms with Gasteiger partial charge in [0.15, 0.2) is 5.16 Å². The van der Waals surface area contributed by atoms with Crippen molar-refractivity contribution >= 4 is 27.5 Å². The van der Waals surface area contributed by atoms with Crippen LogP contribution in [0.25, 0.3) is 0 Å². The van der Waals surface area contributed by atoms with Gasteiger partial charge < -0.3 is 4.57 Å². The third-order valence-corrected chi connectivity index (χ3v) is 6.88. The van der Waals surface area contributed by atoms with Crippen LogP contribution in [0.4, 0.5) is 5.69 Å². The molecule has 8 nitrogen and oxygen atoms in total. The van der Waals surface area contributed by atoms with Crippen LogP contribution in [0.1, 0.15) is 32.2 Å². The Hall–Kier alpha value is -2.33. The van der Waals surface area contributed by atoms with E-state index in [1.807, 2.05) is 40.0 Å². The molecule has 1 N–H and O–H groups in total. The van der Waals surface area contributed by atoms with Crippen LogP contribution in [0.2, 0.25) is 0 Å². The summed E-state index contributed by atoms with van der Waals surface area (Å²) in [5, 5.41) is 13.0. The van der Waals surface area contributed by atoms with Gasteiger partial charge in [0, 0.05) is 11.9 Å². The molecule has 3 rings (SSSR count). The third kappa shape index (κ3) is 3.93. The summed E-state index contributed by atoms with van der Waals surface area (Å²) < 4.78 is 32.6. The summed E-state index contributed by atoms with van der Waals surface area (Å²) in [6.45, 7) is 9.46. The highest BCUT2D eigenvalue weighted by Gasteiger charge is 2.29. The van der Waals surface area contributed by atoms with Crippen molar-refractivity contribution in [2.24, 2.45) is 7.05 Å². The van der Waals surface area contributed by atoms with Crippen LogP contribution in [0.3, 0.4) is 0 Å². The lowest BCUT2D eigenvalue weighted by Crippen LogP contribution is -2.25. The van der Waals surface area contributed by atoms with Crippen molar-refractivity contribution in [2.45, 2.75) is 55.1 Å². The minimum atomic E-state index is -3.82. The monoisotopic (exact) mass is 420 g/mol.